The van der Waals surface area contributed by atoms with Crippen molar-refractivity contribution in [3.63, 3.8) is 0 Å². The zero-order chi connectivity index (χ0) is 22.5. The lowest BCUT2D eigenvalue weighted by Crippen LogP contribution is -2.47. The molecule has 1 aliphatic heterocycles. The molecule has 0 bridgehead atoms. The second-order valence-electron chi connectivity index (χ2n) is 8.42. The van der Waals surface area contributed by atoms with Gasteiger partial charge in [0, 0.05) is 57.2 Å². The molecule has 6 heteroatoms. The number of hydrogen-bond acceptors (Lipinski definition) is 5. The molecule has 0 saturated carbocycles. The van der Waals surface area contributed by atoms with Crippen LogP contribution < -0.4 is 14.5 Å². The number of thiophene rings is 1. The number of hydrogen-bond donors (Lipinski definition) is 0. The van der Waals surface area contributed by atoms with E-state index in [9.17, 15) is 4.79 Å². The lowest BCUT2D eigenvalue weighted by atomic mass is 10.0. The van der Waals surface area contributed by atoms with E-state index in [1.165, 1.54) is 22.6 Å². The Labute approximate surface area is 194 Å². The van der Waals surface area contributed by atoms with Crippen molar-refractivity contribution < 1.29 is 9.53 Å². The molecule has 1 amide bonds. The second kappa shape index (κ2) is 10.2. The number of likely N-dealkylation sites (tertiary alicyclic amines) is 1. The number of anilines is 2. The highest BCUT2D eigenvalue weighted by atomic mass is 32.1. The fourth-order valence-electron chi connectivity index (χ4n) is 4.27. The van der Waals surface area contributed by atoms with E-state index in [0.29, 0.717) is 0 Å². The van der Waals surface area contributed by atoms with Gasteiger partial charge in [-0.25, -0.2) is 0 Å². The largest absolute Gasteiger partial charge is 0.497 e. The van der Waals surface area contributed by atoms with E-state index in [2.05, 4.69) is 48.2 Å². The molecular formula is C26H31N3O2S. The average Bonchev–Trinajstić information content (AvgIpc) is 3.36. The molecule has 168 valence electrons. The van der Waals surface area contributed by atoms with Gasteiger partial charge in [-0.1, -0.05) is 24.3 Å². The molecule has 0 aliphatic carbocycles. The third-order valence-corrected chi connectivity index (χ3v) is 6.92. The van der Waals surface area contributed by atoms with Gasteiger partial charge in [-0.3, -0.25) is 9.69 Å². The van der Waals surface area contributed by atoms with Crippen molar-refractivity contribution in [1.29, 1.82) is 0 Å². The fraction of sp³-hybridized carbons (Fsp3) is 0.346. The Hall–Kier alpha value is -2.83. The van der Waals surface area contributed by atoms with Gasteiger partial charge in [-0.2, -0.15) is 0 Å². The first-order valence-electron chi connectivity index (χ1n) is 11.0. The Kier molecular flexibility index (Phi) is 7.12. The summed E-state index contributed by atoms with van der Waals surface area (Å²) < 4.78 is 5.42. The first-order chi connectivity index (χ1) is 15.5. The highest BCUT2D eigenvalue weighted by Gasteiger charge is 2.30. The van der Waals surface area contributed by atoms with Crippen LogP contribution in [0.4, 0.5) is 11.4 Å². The Morgan fingerprint density at radius 3 is 2.41 bits per heavy atom. The van der Waals surface area contributed by atoms with Crippen molar-refractivity contribution in [2.45, 2.75) is 25.4 Å². The van der Waals surface area contributed by atoms with E-state index in [1.807, 2.05) is 46.7 Å². The summed E-state index contributed by atoms with van der Waals surface area (Å²) in [6.45, 7) is 2.88. The Morgan fingerprint density at radius 1 is 1.03 bits per heavy atom. The topological polar surface area (TPSA) is 36.0 Å². The highest BCUT2D eigenvalue weighted by molar-refractivity contribution is 7.12. The minimum atomic E-state index is 0.0750. The SMILES string of the molecule is COc1cccc(N(C(=O)c2cccs2)C2CCN(Cc3ccc(N(C)C)cc3)CC2)c1. The molecule has 1 aromatic heterocycles. The minimum absolute atomic E-state index is 0.0750. The van der Waals surface area contributed by atoms with Crippen LogP contribution in [0.2, 0.25) is 0 Å². The molecule has 1 aliphatic rings. The molecule has 5 nitrogen and oxygen atoms in total. The van der Waals surface area contributed by atoms with Crippen molar-refractivity contribution >= 4 is 28.6 Å². The number of methoxy groups -OCH3 is 1. The first-order valence-corrected chi connectivity index (χ1v) is 11.9. The van der Waals surface area contributed by atoms with E-state index >= 15 is 0 Å². The van der Waals surface area contributed by atoms with Gasteiger partial charge in [0.25, 0.3) is 5.91 Å². The van der Waals surface area contributed by atoms with Gasteiger partial charge in [0.2, 0.25) is 0 Å². The van der Waals surface area contributed by atoms with Gasteiger partial charge in [0.1, 0.15) is 5.75 Å². The van der Waals surface area contributed by atoms with E-state index in [-0.39, 0.29) is 11.9 Å². The molecule has 0 spiro atoms. The van der Waals surface area contributed by atoms with Crippen LogP contribution in [0.3, 0.4) is 0 Å². The summed E-state index contributed by atoms with van der Waals surface area (Å²) in [6, 6.07) is 20.6. The number of piperidine rings is 1. The van der Waals surface area contributed by atoms with Crippen LogP contribution in [-0.4, -0.2) is 51.1 Å². The second-order valence-corrected chi connectivity index (χ2v) is 9.37. The lowest BCUT2D eigenvalue weighted by molar-refractivity contribution is 0.0962. The van der Waals surface area contributed by atoms with Crippen LogP contribution >= 0.6 is 11.3 Å². The maximum atomic E-state index is 13.4. The van der Waals surface area contributed by atoms with Gasteiger partial charge in [-0.05, 0) is 54.1 Å². The summed E-state index contributed by atoms with van der Waals surface area (Å²) in [7, 11) is 5.78. The number of amides is 1. The predicted molar refractivity (Wildman–Crippen MR) is 133 cm³/mol. The quantitative estimate of drug-likeness (QED) is 0.501. The van der Waals surface area contributed by atoms with Crippen LogP contribution in [0.1, 0.15) is 28.1 Å². The smallest absolute Gasteiger partial charge is 0.268 e. The van der Waals surface area contributed by atoms with Gasteiger partial charge in [0.15, 0.2) is 0 Å². The standard InChI is InChI=1S/C26H31N3O2S/c1-27(2)21-11-9-20(10-12-21)19-28-15-13-22(14-16-28)29(26(30)25-8-5-17-32-25)23-6-4-7-24(18-23)31-3/h4-12,17-18,22H,13-16,19H2,1-3H3. The van der Waals surface area contributed by atoms with Gasteiger partial charge >= 0.3 is 0 Å². The third-order valence-electron chi connectivity index (χ3n) is 6.06. The van der Waals surface area contributed by atoms with Crippen molar-refractivity contribution in [3.05, 3.63) is 76.5 Å². The molecule has 1 saturated heterocycles. The number of nitrogens with zero attached hydrogens (tertiary/aromatic N) is 3. The number of ether oxygens (including phenoxy) is 1. The predicted octanol–water partition coefficient (Wildman–Crippen LogP) is 5.13. The molecule has 32 heavy (non-hydrogen) atoms. The third kappa shape index (κ3) is 5.14. The fourth-order valence-corrected chi connectivity index (χ4v) is 4.93. The van der Waals surface area contributed by atoms with Crippen molar-refractivity contribution in [1.82, 2.24) is 4.90 Å². The molecule has 2 aromatic carbocycles. The van der Waals surface area contributed by atoms with Gasteiger partial charge < -0.3 is 14.5 Å². The average molecular weight is 450 g/mol. The normalized spacial score (nSPS) is 14.8. The zero-order valence-corrected chi connectivity index (χ0v) is 19.8. The Balaban J connectivity index is 1.47. The van der Waals surface area contributed by atoms with E-state index < -0.39 is 0 Å². The molecule has 0 unspecified atom stereocenters. The number of rotatable bonds is 7. The summed E-state index contributed by atoms with van der Waals surface area (Å²) in [5.74, 6) is 0.844. The van der Waals surface area contributed by atoms with E-state index in [0.717, 1.165) is 48.8 Å². The molecule has 0 radical (unpaired) electrons. The van der Waals surface area contributed by atoms with Crippen LogP contribution in [0.25, 0.3) is 0 Å². The summed E-state index contributed by atoms with van der Waals surface area (Å²) in [5.41, 5.74) is 3.45. The first kappa shape index (κ1) is 22.4. The van der Waals surface area contributed by atoms with Crippen molar-refractivity contribution in [2.24, 2.45) is 0 Å². The van der Waals surface area contributed by atoms with Crippen LogP contribution in [0, 0.1) is 0 Å². The highest BCUT2D eigenvalue weighted by Crippen LogP contribution is 2.30. The number of carbonyl (C=O) groups is 1. The molecule has 0 atom stereocenters. The van der Waals surface area contributed by atoms with Crippen LogP contribution in [-0.2, 0) is 6.54 Å². The molecule has 0 N–H and O–H groups in total. The number of carbonyl (C=O) groups excluding carboxylic acids is 1. The van der Waals surface area contributed by atoms with Crippen LogP contribution in [0.15, 0.2) is 66.0 Å². The molecule has 1 fully saturated rings. The Bertz CT molecular complexity index is 1010. The lowest BCUT2D eigenvalue weighted by Gasteiger charge is -2.38. The van der Waals surface area contributed by atoms with Gasteiger partial charge in [0.05, 0.1) is 12.0 Å². The maximum absolute atomic E-state index is 13.4. The Morgan fingerprint density at radius 2 is 1.78 bits per heavy atom. The maximum Gasteiger partial charge on any atom is 0.268 e. The number of benzene rings is 2. The summed E-state index contributed by atoms with van der Waals surface area (Å²) in [6.07, 6.45) is 1.90. The van der Waals surface area contributed by atoms with Crippen LogP contribution in [0.5, 0.6) is 5.75 Å². The van der Waals surface area contributed by atoms with E-state index in [1.54, 1.807) is 7.11 Å². The molecular weight excluding hydrogens is 418 g/mol. The van der Waals surface area contributed by atoms with Crippen molar-refractivity contribution in [2.75, 3.05) is 44.1 Å². The monoisotopic (exact) mass is 449 g/mol. The summed E-state index contributed by atoms with van der Waals surface area (Å²) >= 11 is 1.50. The summed E-state index contributed by atoms with van der Waals surface area (Å²) in [5, 5.41) is 1.96. The van der Waals surface area contributed by atoms with Crippen molar-refractivity contribution in [3.8, 4) is 5.75 Å². The molecule has 4 rings (SSSR count). The zero-order valence-electron chi connectivity index (χ0n) is 19.0. The molecule has 2 heterocycles. The van der Waals surface area contributed by atoms with Gasteiger partial charge in [-0.15, -0.1) is 11.3 Å². The van der Waals surface area contributed by atoms with E-state index in [4.69, 9.17) is 4.74 Å². The molecule has 3 aromatic rings. The summed E-state index contributed by atoms with van der Waals surface area (Å²) in [4.78, 5) is 20.8. The minimum Gasteiger partial charge on any atom is -0.497 e.